The zero-order valence-electron chi connectivity index (χ0n) is 27.2. The quantitative estimate of drug-likeness (QED) is 0.172. The van der Waals surface area contributed by atoms with Crippen molar-refractivity contribution in [2.24, 2.45) is 0 Å². The molecule has 51 heavy (non-hydrogen) atoms. The number of benzene rings is 7. The van der Waals surface area contributed by atoms with Crippen molar-refractivity contribution in [2.45, 2.75) is 0 Å². The van der Waals surface area contributed by atoms with Crippen molar-refractivity contribution in [3.05, 3.63) is 164 Å². The number of rotatable bonds is 5. The summed E-state index contributed by atoms with van der Waals surface area (Å²) in [5, 5.41) is 2.12. The van der Waals surface area contributed by atoms with Crippen molar-refractivity contribution in [1.82, 2.24) is 24.9 Å². The van der Waals surface area contributed by atoms with E-state index in [9.17, 15) is 0 Å². The van der Waals surface area contributed by atoms with Crippen molar-refractivity contribution in [3.63, 3.8) is 0 Å². The van der Waals surface area contributed by atoms with Crippen LogP contribution in [0.2, 0.25) is 0 Å². The van der Waals surface area contributed by atoms with Gasteiger partial charge in [0.05, 0.1) is 22.1 Å². The minimum atomic E-state index is 0.606. The molecule has 0 aliphatic rings. The highest BCUT2D eigenvalue weighted by atomic mass is 16.3. The molecule has 10 rings (SSSR count). The van der Waals surface area contributed by atoms with Gasteiger partial charge in [0, 0.05) is 33.5 Å². The molecule has 0 saturated heterocycles. The van der Waals surface area contributed by atoms with Crippen molar-refractivity contribution in [3.8, 4) is 56.4 Å². The van der Waals surface area contributed by atoms with Crippen molar-refractivity contribution >= 4 is 44.0 Å². The van der Waals surface area contributed by atoms with Gasteiger partial charge in [-0.15, -0.1) is 0 Å². The van der Waals surface area contributed by atoms with Gasteiger partial charge in [0.15, 0.2) is 17.5 Å². The third kappa shape index (κ3) is 5.27. The van der Waals surface area contributed by atoms with Gasteiger partial charge in [-0.1, -0.05) is 127 Å². The van der Waals surface area contributed by atoms with E-state index < -0.39 is 0 Å². The lowest BCUT2D eigenvalue weighted by Gasteiger charge is -2.10. The van der Waals surface area contributed by atoms with Crippen LogP contribution in [0.3, 0.4) is 0 Å². The van der Waals surface area contributed by atoms with Gasteiger partial charge in [-0.2, -0.15) is 0 Å². The Hall–Kier alpha value is -7.05. The number of fused-ring (bicyclic) bond motifs is 5. The number of para-hydroxylation sites is 1. The lowest BCUT2D eigenvalue weighted by molar-refractivity contribution is 0.669. The highest BCUT2D eigenvalue weighted by Crippen LogP contribution is 2.33. The molecule has 0 spiro atoms. The number of hydrogen-bond acceptors (Lipinski definition) is 6. The van der Waals surface area contributed by atoms with E-state index in [1.807, 2.05) is 78.9 Å². The van der Waals surface area contributed by atoms with Crippen molar-refractivity contribution < 1.29 is 4.42 Å². The largest absolute Gasteiger partial charge is 0.456 e. The van der Waals surface area contributed by atoms with E-state index in [4.69, 9.17) is 29.3 Å². The first-order chi connectivity index (χ1) is 25.2. The Balaban J connectivity index is 1.05. The number of aromatic nitrogens is 5. The van der Waals surface area contributed by atoms with Crippen molar-refractivity contribution in [1.29, 1.82) is 0 Å². The van der Waals surface area contributed by atoms with Gasteiger partial charge in [-0.05, 0) is 52.6 Å². The van der Waals surface area contributed by atoms with Crippen LogP contribution in [-0.2, 0) is 0 Å². The minimum absolute atomic E-state index is 0.606. The molecule has 0 amide bonds. The summed E-state index contributed by atoms with van der Waals surface area (Å²) in [5.74, 6) is 1.85. The summed E-state index contributed by atoms with van der Waals surface area (Å²) in [6, 6.07) is 55.4. The van der Waals surface area contributed by atoms with Crippen LogP contribution in [-0.4, -0.2) is 24.9 Å². The fourth-order valence-corrected chi connectivity index (χ4v) is 6.71. The number of nitrogens with zero attached hydrogens (tertiary/aromatic N) is 5. The molecule has 6 nitrogen and oxygen atoms in total. The fourth-order valence-electron chi connectivity index (χ4n) is 6.71. The van der Waals surface area contributed by atoms with Gasteiger partial charge < -0.3 is 4.42 Å². The molecule has 3 aromatic heterocycles. The van der Waals surface area contributed by atoms with E-state index in [0.29, 0.717) is 17.5 Å². The molecule has 0 N–H and O–H groups in total. The SMILES string of the molecule is c1ccc(-c2ccc(-c3nc(-c4ccccc4)nc(-c4cccc(-c5ccc6nc7cc8c(cc7nc6c5)oc5ccccc58)c4)n3)cc2)cc1. The first-order valence-electron chi connectivity index (χ1n) is 16.8. The summed E-state index contributed by atoms with van der Waals surface area (Å²) in [6.45, 7) is 0. The highest BCUT2D eigenvalue weighted by molar-refractivity contribution is 6.09. The lowest BCUT2D eigenvalue weighted by atomic mass is 10.0. The molecule has 10 aromatic rings. The first-order valence-corrected chi connectivity index (χ1v) is 16.8. The third-order valence-electron chi connectivity index (χ3n) is 9.30. The second-order valence-electron chi connectivity index (χ2n) is 12.6. The highest BCUT2D eigenvalue weighted by Gasteiger charge is 2.15. The molecular formula is C45H27N5O. The van der Waals surface area contributed by atoms with Crippen LogP contribution in [0.5, 0.6) is 0 Å². The van der Waals surface area contributed by atoms with E-state index in [2.05, 4.69) is 84.9 Å². The number of hydrogen-bond donors (Lipinski definition) is 0. The average molecular weight is 654 g/mol. The molecule has 0 unspecified atom stereocenters. The Labute approximate surface area is 292 Å². The molecule has 6 heteroatoms. The van der Waals surface area contributed by atoms with Gasteiger partial charge in [0.25, 0.3) is 0 Å². The van der Waals surface area contributed by atoms with E-state index in [-0.39, 0.29) is 0 Å². The van der Waals surface area contributed by atoms with Crippen LogP contribution in [0.15, 0.2) is 168 Å². The van der Waals surface area contributed by atoms with Gasteiger partial charge >= 0.3 is 0 Å². The van der Waals surface area contributed by atoms with E-state index in [0.717, 1.165) is 77.4 Å². The molecule has 238 valence electrons. The second-order valence-corrected chi connectivity index (χ2v) is 12.6. The molecule has 0 aliphatic carbocycles. The summed E-state index contributed by atoms with van der Waals surface area (Å²) in [4.78, 5) is 24.9. The Morgan fingerprint density at radius 3 is 1.57 bits per heavy atom. The smallest absolute Gasteiger partial charge is 0.164 e. The molecule has 0 bridgehead atoms. The van der Waals surface area contributed by atoms with Gasteiger partial charge in [-0.3, -0.25) is 0 Å². The van der Waals surface area contributed by atoms with Crippen LogP contribution in [0, 0.1) is 0 Å². The Morgan fingerprint density at radius 1 is 0.275 bits per heavy atom. The van der Waals surface area contributed by atoms with Crippen LogP contribution in [0.1, 0.15) is 0 Å². The van der Waals surface area contributed by atoms with Crippen LogP contribution in [0.4, 0.5) is 0 Å². The maximum atomic E-state index is 6.13. The Kier molecular flexibility index (Phi) is 6.70. The second kappa shape index (κ2) is 11.8. The van der Waals surface area contributed by atoms with Crippen molar-refractivity contribution in [2.75, 3.05) is 0 Å². The minimum Gasteiger partial charge on any atom is -0.456 e. The molecule has 0 fully saturated rings. The van der Waals surface area contributed by atoms with Gasteiger partial charge in [0.1, 0.15) is 11.2 Å². The maximum absolute atomic E-state index is 6.13. The molecule has 0 radical (unpaired) electrons. The Morgan fingerprint density at radius 2 is 0.784 bits per heavy atom. The molecule has 7 aromatic carbocycles. The summed E-state index contributed by atoms with van der Waals surface area (Å²) in [6.07, 6.45) is 0. The van der Waals surface area contributed by atoms with Crippen LogP contribution in [0.25, 0.3) is 100 Å². The van der Waals surface area contributed by atoms with E-state index >= 15 is 0 Å². The molecule has 3 heterocycles. The average Bonchev–Trinajstić information content (AvgIpc) is 3.56. The van der Waals surface area contributed by atoms with Gasteiger partial charge in [0.2, 0.25) is 0 Å². The van der Waals surface area contributed by atoms with Gasteiger partial charge in [-0.25, -0.2) is 24.9 Å². The normalized spacial score (nSPS) is 11.5. The summed E-state index contributed by atoms with van der Waals surface area (Å²) >= 11 is 0. The zero-order chi connectivity index (χ0) is 33.7. The third-order valence-corrected chi connectivity index (χ3v) is 9.30. The maximum Gasteiger partial charge on any atom is 0.164 e. The van der Waals surface area contributed by atoms with Crippen LogP contribution >= 0.6 is 0 Å². The Bertz CT molecular complexity index is 2900. The lowest BCUT2D eigenvalue weighted by Crippen LogP contribution is -2.00. The molecule has 0 aliphatic heterocycles. The molecule has 0 saturated carbocycles. The molecular weight excluding hydrogens is 627 g/mol. The summed E-state index contributed by atoms with van der Waals surface area (Å²) in [7, 11) is 0. The summed E-state index contributed by atoms with van der Waals surface area (Å²) < 4.78 is 6.13. The summed E-state index contributed by atoms with van der Waals surface area (Å²) in [5.41, 5.74) is 12.1. The number of furan rings is 1. The fraction of sp³-hybridized carbons (Fsp3) is 0. The topological polar surface area (TPSA) is 77.6 Å². The zero-order valence-corrected chi connectivity index (χ0v) is 27.2. The predicted molar refractivity (Wildman–Crippen MR) is 205 cm³/mol. The van der Waals surface area contributed by atoms with E-state index in [1.54, 1.807) is 0 Å². The molecule has 0 atom stereocenters. The van der Waals surface area contributed by atoms with E-state index in [1.165, 1.54) is 5.56 Å². The monoisotopic (exact) mass is 653 g/mol. The predicted octanol–water partition coefficient (Wildman–Crippen LogP) is 11.2. The first kappa shape index (κ1) is 28.9. The standard InChI is InChI=1S/C45H27N5O/c1-3-10-28(11-4-1)29-18-20-31(21-19-29)44-48-43(30-12-5-2-6-13-30)49-45(50-44)34-15-9-14-32(24-34)33-22-23-37-38(25-33)47-40-27-42-36(26-39(40)46-37)35-16-7-8-17-41(35)51-42/h1-27H. The van der Waals surface area contributed by atoms with Crippen LogP contribution < -0.4 is 0 Å².